The van der Waals surface area contributed by atoms with Gasteiger partial charge in [0, 0.05) is 18.0 Å². The largest absolute Gasteiger partial charge is 0.339 e. The fraction of sp³-hybridized carbons (Fsp3) is 0.143. The van der Waals surface area contributed by atoms with Crippen molar-refractivity contribution in [1.29, 1.82) is 0 Å². The predicted octanol–water partition coefficient (Wildman–Crippen LogP) is 4.60. The zero-order chi connectivity index (χ0) is 20.8. The number of anilines is 3. The van der Waals surface area contributed by atoms with Gasteiger partial charge in [0.25, 0.3) is 0 Å². The first-order chi connectivity index (χ1) is 13.9. The van der Waals surface area contributed by atoms with Gasteiger partial charge >= 0.3 is 6.03 Å². The second-order valence-corrected chi connectivity index (χ2v) is 7.20. The molecule has 3 amide bonds. The predicted molar refractivity (Wildman–Crippen MR) is 117 cm³/mol. The van der Waals surface area contributed by atoms with Crippen LogP contribution in [0.25, 0.3) is 0 Å². The molecule has 0 fully saturated rings. The molecule has 1 aromatic heterocycles. The minimum atomic E-state index is -0.455. The van der Waals surface area contributed by atoms with E-state index in [1.165, 1.54) is 24.5 Å². The molecule has 0 saturated heterocycles. The summed E-state index contributed by atoms with van der Waals surface area (Å²) in [5, 5.41) is 8.88. The Bertz CT molecular complexity index is 1050. The number of carbonyl (C=O) groups excluding carboxylic acids is 2. The van der Waals surface area contributed by atoms with Crippen molar-refractivity contribution in [2.75, 3.05) is 10.2 Å². The molecule has 2 aromatic carbocycles. The first-order valence-electron chi connectivity index (χ1n) is 8.92. The monoisotopic (exact) mass is 407 g/mol. The van der Waals surface area contributed by atoms with Crippen LogP contribution in [-0.2, 0) is 4.79 Å². The van der Waals surface area contributed by atoms with E-state index in [0.29, 0.717) is 16.5 Å². The third-order valence-corrected chi connectivity index (χ3v) is 5.00. The highest BCUT2D eigenvalue weighted by Gasteiger charge is 2.18. The number of para-hydroxylation sites is 1. The number of benzene rings is 2. The molecule has 0 bridgehead atoms. The van der Waals surface area contributed by atoms with Gasteiger partial charge in [-0.3, -0.25) is 9.69 Å². The average molecular weight is 407 g/mol. The highest BCUT2D eigenvalue weighted by molar-refractivity contribution is 7.14. The molecule has 0 radical (unpaired) electrons. The second-order valence-electron chi connectivity index (χ2n) is 6.37. The van der Waals surface area contributed by atoms with Crippen molar-refractivity contribution in [2.45, 2.75) is 20.8 Å². The number of aryl methyl sites for hydroxylation is 2. The molecule has 7 nitrogen and oxygen atoms in total. The van der Waals surface area contributed by atoms with E-state index < -0.39 is 6.03 Å². The molecule has 0 aliphatic carbocycles. The van der Waals surface area contributed by atoms with E-state index in [1.54, 1.807) is 22.4 Å². The molecule has 0 aliphatic heterocycles. The Hall–Kier alpha value is -3.52. The zero-order valence-electron chi connectivity index (χ0n) is 16.3. The van der Waals surface area contributed by atoms with Crippen LogP contribution in [0.15, 0.2) is 59.0 Å². The first-order valence-corrected chi connectivity index (χ1v) is 9.80. The van der Waals surface area contributed by atoms with Crippen LogP contribution in [-0.4, -0.2) is 23.1 Å². The summed E-state index contributed by atoms with van der Waals surface area (Å²) in [6, 6.07) is 14.4. The lowest BCUT2D eigenvalue weighted by atomic mass is 10.1. The van der Waals surface area contributed by atoms with E-state index in [1.807, 2.05) is 50.2 Å². The molecule has 2 N–H and O–H groups in total. The van der Waals surface area contributed by atoms with Crippen molar-refractivity contribution in [3.8, 4) is 0 Å². The molecular weight excluding hydrogens is 386 g/mol. The number of aromatic nitrogens is 1. The minimum Gasteiger partial charge on any atom is -0.307 e. The number of hydrazone groups is 1. The smallest absolute Gasteiger partial charge is 0.307 e. The van der Waals surface area contributed by atoms with Gasteiger partial charge in [0.2, 0.25) is 5.91 Å². The summed E-state index contributed by atoms with van der Waals surface area (Å²) in [5.41, 5.74) is 6.62. The summed E-state index contributed by atoms with van der Waals surface area (Å²) in [6.45, 7) is 5.53. The van der Waals surface area contributed by atoms with Crippen molar-refractivity contribution in [3.63, 3.8) is 0 Å². The van der Waals surface area contributed by atoms with Crippen LogP contribution in [0.1, 0.15) is 23.7 Å². The number of carbonyl (C=O) groups is 2. The van der Waals surface area contributed by atoms with Crippen molar-refractivity contribution < 1.29 is 9.59 Å². The standard InChI is InChI=1S/C21H21N5O2S/c1-14-9-10-19(11-15(14)2)26(16(3)27)21-24-18(13-29-21)12-22-25-20(28)23-17-7-5-4-6-8-17/h4-13H,1-3H3,(H2,23,25,28)/b22-12-. The van der Waals surface area contributed by atoms with Crippen LogP contribution in [0.2, 0.25) is 0 Å². The third kappa shape index (κ3) is 5.26. The van der Waals surface area contributed by atoms with Gasteiger partial charge in [-0.15, -0.1) is 11.3 Å². The third-order valence-electron chi connectivity index (χ3n) is 4.16. The molecule has 0 atom stereocenters. The Morgan fingerprint density at radius 2 is 1.86 bits per heavy atom. The normalized spacial score (nSPS) is 10.7. The highest BCUT2D eigenvalue weighted by Crippen LogP contribution is 2.29. The summed E-state index contributed by atoms with van der Waals surface area (Å²) in [7, 11) is 0. The van der Waals surface area contributed by atoms with E-state index in [4.69, 9.17) is 0 Å². The quantitative estimate of drug-likeness (QED) is 0.479. The number of nitrogens with one attached hydrogen (secondary N) is 2. The van der Waals surface area contributed by atoms with Gasteiger partial charge in [-0.05, 0) is 49.2 Å². The summed E-state index contributed by atoms with van der Waals surface area (Å²) in [5.74, 6) is -0.133. The Balaban J connectivity index is 1.68. The van der Waals surface area contributed by atoms with Gasteiger partial charge in [0.05, 0.1) is 17.6 Å². The molecule has 0 unspecified atom stereocenters. The maximum Gasteiger partial charge on any atom is 0.339 e. The molecule has 0 aliphatic rings. The maximum absolute atomic E-state index is 12.2. The maximum atomic E-state index is 12.2. The molecule has 0 saturated carbocycles. The molecule has 0 spiro atoms. The van der Waals surface area contributed by atoms with Gasteiger partial charge in [-0.1, -0.05) is 24.3 Å². The molecule has 3 aromatic rings. The second kappa shape index (κ2) is 9.11. The number of hydrogen-bond acceptors (Lipinski definition) is 5. The summed E-state index contributed by atoms with van der Waals surface area (Å²) < 4.78 is 0. The van der Waals surface area contributed by atoms with Crippen LogP contribution >= 0.6 is 11.3 Å². The van der Waals surface area contributed by atoms with Gasteiger partial charge in [-0.2, -0.15) is 5.10 Å². The lowest BCUT2D eigenvalue weighted by molar-refractivity contribution is -0.115. The summed E-state index contributed by atoms with van der Waals surface area (Å²) in [4.78, 5) is 30.1. The topological polar surface area (TPSA) is 86.7 Å². The molecule has 29 heavy (non-hydrogen) atoms. The highest BCUT2D eigenvalue weighted by atomic mass is 32.1. The SMILES string of the molecule is CC(=O)N(c1ccc(C)c(C)c1)c1nc(/C=N\NC(=O)Nc2ccccc2)cs1. The number of thiazole rings is 1. The Labute approximate surface area is 173 Å². The van der Waals surface area contributed by atoms with Crippen molar-refractivity contribution in [3.05, 3.63) is 70.7 Å². The Kier molecular flexibility index (Phi) is 6.36. The Morgan fingerprint density at radius 3 is 2.55 bits per heavy atom. The van der Waals surface area contributed by atoms with E-state index in [-0.39, 0.29) is 5.91 Å². The Morgan fingerprint density at radius 1 is 1.10 bits per heavy atom. The van der Waals surface area contributed by atoms with E-state index >= 15 is 0 Å². The summed E-state index contributed by atoms with van der Waals surface area (Å²) >= 11 is 1.33. The first kappa shape index (κ1) is 20.2. The van der Waals surface area contributed by atoms with Crippen LogP contribution < -0.4 is 15.6 Å². The van der Waals surface area contributed by atoms with Crippen molar-refractivity contribution >= 4 is 46.0 Å². The number of nitrogens with zero attached hydrogens (tertiary/aromatic N) is 3. The molecular formula is C21H21N5O2S. The molecule has 1 heterocycles. The number of hydrogen-bond donors (Lipinski definition) is 2. The van der Waals surface area contributed by atoms with E-state index in [0.717, 1.165) is 16.8 Å². The number of urea groups is 1. The zero-order valence-corrected chi connectivity index (χ0v) is 17.2. The van der Waals surface area contributed by atoms with E-state index in [2.05, 4.69) is 20.8 Å². The van der Waals surface area contributed by atoms with E-state index in [9.17, 15) is 9.59 Å². The fourth-order valence-corrected chi connectivity index (χ4v) is 3.40. The summed E-state index contributed by atoms with van der Waals surface area (Å²) in [6.07, 6.45) is 1.43. The van der Waals surface area contributed by atoms with Gasteiger partial charge in [0.1, 0.15) is 0 Å². The lowest BCUT2D eigenvalue weighted by Gasteiger charge is -2.19. The fourth-order valence-electron chi connectivity index (χ4n) is 2.57. The number of amides is 3. The number of rotatable bonds is 5. The van der Waals surface area contributed by atoms with Crippen LogP contribution in [0.4, 0.5) is 21.3 Å². The van der Waals surface area contributed by atoms with Gasteiger partial charge in [0.15, 0.2) is 5.13 Å². The lowest BCUT2D eigenvalue weighted by Crippen LogP contribution is -2.24. The minimum absolute atomic E-state index is 0.133. The molecule has 3 rings (SSSR count). The van der Waals surface area contributed by atoms with Crippen molar-refractivity contribution in [2.24, 2.45) is 5.10 Å². The molecule has 148 valence electrons. The van der Waals surface area contributed by atoms with Gasteiger partial charge < -0.3 is 5.32 Å². The average Bonchev–Trinajstić information content (AvgIpc) is 3.13. The van der Waals surface area contributed by atoms with Crippen LogP contribution in [0, 0.1) is 13.8 Å². The van der Waals surface area contributed by atoms with Crippen LogP contribution in [0.5, 0.6) is 0 Å². The van der Waals surface area contributed by atoms with Gasteiger partial charge in [-0.25, -0.2) is 15.2 Å². The van der Waals surface area contributed by atoms with Crippen LogP contribution in [0.3, 0.4) is 0 Å². The van der Waals surface area contributed by atoms with Crippen molar-refractivity contribution in [1.82, 2.24) is 10.4 Å². The molecule has 8 heteroatoms.